The normalized spacial score (nSPS) is 10.1. The summed E-state index contributed by atoms with van der Waals surface area (Å²) in [7, 11) is 3.80. The fraction of sp³-hybridized carbons (Fsp3) is 0.400. The van der Waals surface area contributed by atoms with Gasteiger partial charge in [-0.05, 0) is 0 Å². The summed E-state index contributed by atoms with van der Waals surface area (Å²) in [5.74, 6) is -2.82. The molecule has 0 aromatic carbocycles. The maximum absolute atomic E-state index is 11.7. The van der Waals surface area contributed by atoms with E-state index in [9.17, 15) is 19.5 Å². The van der Waals surface area contributed by atoms with Crippen LogP contribution in [0.3, 0.4) is 0 Å². The van der Waals surface area contributed by atoms with Gasteiger partial charge in [0.05, 0.1) is 13.4 Å². The van der Waals surface area contributed by atoms with E-state index in [2.05, 4.69) is 20.4 Å². The van der Waals surface area contributed by atoms with E-state index < -0.39 is 29.7 Å². The summed E-state index contributed by atoms with van der Waals surface area (Å²) in [6.07, 6.45) is 1.01. The van der Waals surface area contributed by atoms with Gasteiger partial charge in [-0.2, -0.15) is 0 Å². The molecule has 1 aromatic heterocycles. The van der Waals surface area contributed by atoms with Crippen LogP contribution in [0.5, 0.6) is 5.88 Å². The van der Waals surface area contributed by atoms with E-state index in [0.717, 1.165) is 18.0 Å². The lowest BCUT2D eigenvalue weighted by atomic mass is 10.2. The number of ether oxygens (including phenoxy) is 1. The number of esters is 1. The van der Waals surface area contributed by atoms with Crippen molar-refractivity contribution in [2.75, 3.05) is 21.2 Å². The van der Waals surface area contributed by atoms with Gasteiger partial charge in [-0.15, -0.1) is 0 Å². The largest absolute Gasteiger partial charge is 0.493 e. The van der Waals surface area contributed by atoms with Crippen molar-refractivity contribution in [3.63, 3.8) is 0 Å². The molecule has 19 heavy (non-hydrogen) atoms. The number of carbonyl (C=O) groups excluding carboxylic acids is 3. The second-order valence-corrected chi connectivity index (χ2v) is 3.45. The molecule has 0 fully saturated rings. The lowest BCUT2D eigenvalue weighted by Crippen LogP contribution is -2.40. The molecule has 0 radical (unpaired) electrons. The number of amides is 2. The molecule has 104 valence electrons. The summed E-state index contributed by atoms with van der Waals surface area (Å²) in [6.45, 7) is 0. The Bertz CT molecular complexity index is 494. The lowest BCUT2D eigenvalue weighted by Gasteiger charge is -2.15. The molecule has 0 bridgehead atoms. The zero-order chi connectivity index (χ0) is 14.6. The Morgan fingerprint density at radius 1 is 1.32 bits per heavy atom. The second kappa shape index (κ2) is 5.85. The SMILES string of the molecule is CNC(=O)C(C(=O)NC)n1cnc(C(=O)OC)c1O. The molecular weight excluding hydrogens is 256 g/mol. The number of nitrogens with one attached hydrogen (secondary N) is 2. The molecule has 9 heteroatoms. The zero-order valence-electron chi connectivity index (χ0n) is 10.6. The van der Waals surface area contributed by atoms with E-state index in [1.807, 2.05) is 0 Å². The molecule has 0 unspecified atom stereocenters. The summed E-state index contributed by atoms with van der Waals surface area (Å²) in [6, 6.07) is -1.37. The van der Waals surface area contributed by atoms with Gasteiger partial charge in [0.1, 0.15) is 0 Å². The molecule has 3 N–H and O–H groups in total. The minimum absolute atomic E-state index is 0.375. The Balaban J connectivity index is 3.25. The van der Waals surface area contributed by atoms with Crippen molar-refractivity contribution in [1.82, 2.24) is 20.2 Å². The van der Waals surface area contributed by atoms with E-state index in [1.165, 1.54) is 14.1 Å². The highest BCUT2D eigenvalue weighted by Gasteiger charge is 2.31. The van der Waals surface area contributed by atoms with Crippen molar-refractivity contribution in [1.29, 1.82) is 0 Å². The minimum Gasteiger partial charge on any atom is -0.493 e. The van der Waals surface area contributed by atoms with Gasteiger partial charge in [-0.1, -0.05) is 0 Å². The molecule has 1 heterocycles. The van der Waals surface area contributed by atoms with Crippen LogP contribution in [0, 0.1) is 0 Å². The summed E-state index contributed by atoms with van der Waals surface area (Å²) in [4.78, 5) is 38.2. The summed E-state index contributed by atoms with van der Waals surface area (Å²) >= 11 is 0. The third-order valence-electron chi connectivity index (χ3n) is 2.41. The van der Waals surface area contributed by atoms with Crippen LogP contribution >= 0.6 is 0 Å². The average molecular weight is 270 g/mol. The first-order chi connectivity index (χ1) is 8.97. The number of imidazole rings is 1. The van der Waals surface area contributed by atoms with Crippen molar-refractivity contribution in [2.24, 2.45) is 0 Å². The molecule has 0 atom stereocenters. The maximum atomic E-state index is 11.7. The second-order valence-electron chi connectivity index (χ2n) is 3.45. The maximum Gasteiger partial charge on any atom is 0.362 e. The Morgan fingerprint density at radius 2 is 1.84 bits per heavy atom. The van der Waals surface area contributed by atoms with E-state index in [0.29, 0.717) is 0 Å². The molecule has 0 aliphatic carbocycles. The molecule has 0 saturated heterocycles. The van der Waals surface area contributed by atoms with E-state index >= 15 is 0 Å². The van der Waals surface area contributed by atoms with Crippen molar-refractivity contribution in [3.8, 4) is 5.88 Å². The van der Waals surface area contributed by atoms with E-state index in [4.69, 9.17) is 0 Å². The fourth-order valence-electron chi connectivity index (χ4n) is 1.43. The average Bonchev–Trinajstić information content (AvgIpc) is 2.79. The zero-order valence-corrected chi connectivity index (χ0v) is 10.6. The predicted molar refractivity (Wildman–Crippen MR) is 62.4 cm³/mol. The number of hydrogen-bond acceptors (Lipinski definition) is 6. The number of aromatic hydroxyl groups is 1. The Hall–Kier alpha value is -2.58. The van der Waals surface area contributed by atoms with Crippen LogP contribution in [0.4, 0.5) is 0 Å². The highest BCUT2D eigenvalue weighted by Crippen LogP contribution is 2.21. The monoisotopic (exact) mass is 270 g/mol. The van der Waals surface area contributed by atoms with Crippen molar-refractivity contribution < 1.29 is 24.2 Å². The standard InChI is InChI=1S/C10H14N4O5/c1-11-7(15)6(8(16)12-2)14-4-13-5(9(14)17)10(18)19-3/h4,6,17H,1-3H3,(H,11,15)(H,12,16). The highest BCUT2D eigenvalue weighted by molar-refractivity contribution is 6.02. The van der Waals surface area contributed by atoms with Crippen LogP contribution < -0.4 is 10.6 Å². The third kappa shape index (κ3) is 2.64. The summed E-state index contributed by atoms with van der Waals surface area (Å²) in [5, 5.41) is 14.4. The van der Waals surface area contributed by atoms with Gasteiger partial charge in [0.25, 0.3) is 11.8 Å². The molecule has 0 aliphatic heterocycles. The molecule has 2 amide bonds. The Morgan fingerprint density at radius 3 is 2.26 bits per heavy atom. The number of hydrogen-bond donors (Lipinski definition) is 3. The van der Waals surface area contributed by atoms with Gasteiger partial charge in [0.15, 0.2) is 6.04 Å². The number of aromatic nitrogens is 2. The number of methoxy groups -OCH3 is 1. The molecular formula is C10H14N4O5. The minimum atomic E-state index is -1.37. The van der Waals surface area contributed by atoms with Crippen molar-refractivity contribution in [2.45, 2.75) is 6.04 Å². The molecule has 0 spiro atoms. The van der Waals surface area contributed by atoms with Crippen LogP contribution in [0.1, 0.15) is 16.5 Å². The molecule has 1 rings (SSSR count). The van der Waals surface area contributed by atoms with Gasteiger partial charge in [0.2, 0.25) is 11.6 Å². The van der Waals surface area contributed by atoms with Gasteiger partial charge < -0.3 is 20.5 Å². The number of carbonyl (C=O) groups is 3. The molecule has 1 aromatic rings. The van der Waals surface area contributed by atoms with E-state index in [1.54, 1.807) is 0 Å². The first-order valence-corrected chi connectivity index (χ1v) is 5.25. The van der Waals surface area contributed by atoms with Crippen LogP contribution in [-0.4, -0.2) is 53.6 Å². The molecule has 9 nitrogen and oxygen atoms in total. The topological polar surface area (TPSA) is 123 Å². The van der Waals surface area contributed by atoms with Crippen molar-refractivity contribution in [3.05, 3.63) is 12.0 Å². The third-order valence-corrected chi connectivity index (χ3v) is 2.41. The first-order valence-electron chi connectivity index (χ1n) is 5.25. The Labute approximate surface area is 108 Å². The van der Waals surface area contributed by atoms with Crippen LogP contribution in [0.25, 0.3) is 0 Å². The summed E-state index contributed by atoms with van der Waals surface area (Å²) in [5.41, 5.74) is -0.375. The van der Waals surface area contributed by atoms with Gasteiger partial charge >= 0.3 is 5.97 Å². The van der Waals surface area contributed by atoms with Gasteiger partial charge in [0, 0.05) is 14.1 Å². The van der Waals surface area contributed by atoms with Crippen LogP contribution in [0.15, 0.2) is 6.33 Å². The predicted octanol–water partition coefficient (Wildman–Crippen LogP) is -1.59. The van der Waals surface area contributed by atoms with Gasteiger partial charge in [-0.3, -0.25) is 14.2 Å². The smallest absolute Gasteiger partial charge is 0.362 e. The number of likely N-dealkylation sites (N-methyl/N-ethyl adjacent to an activating group) is 2. The van der Waals surface area contributed by atoms with Crippen LogP contribution in [-0.2, 0) is 14.3 Å². The quantitative estimate of drug-likeness (QED) is 0.447. The summed E-state index contributed by atoms with van der Waals surface area (Å²) < 4.78 is 5.29. The van der Waals surface area contributed by atoms with Gasteiger partial charge in [-0.25, -0.2) is 9.78 Å². The number of rotatable bonds is 4. The van der Waals surface area contributed by atoms with Crippen LogP contribution in [0.2, 0.25) is 0 Å². The highest BCUT2D eigenvalue weighted by atomic mass is 16.5. The van der Waals surface area contributed by atoms with E-state index in [-0.39, 0.29) is 5.69 Å². The van der Waals surface area contributed by atoms with Crippen molar-refractivity contribution >= 4 is 17.8 Å². The first kappa shape index (κ1) is 14.5. The molecule has 0 saturated carbocycles. The Kier molecular flexibility index (Phi) is 4.46. The number of nitrogens with zero attached hydrogens (tertiary/aromatic N) is 2. The fourth-order valence-corrected chi connectivity index (χ4v) is 1.43. The lowest BCUT2D eigenvalue weighted by molar-refractivity contribution is -0.133. The molecule has 0 aliphatic rings.